The predicted octanol–water partition coefficient (Wildman–Crippen LogP) is 1.99. The van der Waals surface area contributed by atoms with Crippen molar-refractivity contribution in [1.82, 2.24) is 0 Å². The third-order valence-electron chi connectivity index (χ3n) is 1.86. The van der Waals surface area contributed by atoms with E-state index >= 15 is 0 Å². The Labute approximate surface area is 91.4 Å². The largest absolute Gasteiger partial charge is 0.496 e. The van der Waals surface area contributed by atoms with E-state index in [1.165, 1.54) is 0 Å². The van der Waals surface area contributed by atoms with Crippen LogP contribution in [0.25, 0.3) is 0 Å². The maximum atomic E-state index is 11.6. The van der Waals surface area contributed by atoms with E-state index in [2.05, 4.69) is 15.9 Å². The van der Waals surface area contributed by atoms with Crippen molar-refractivity contribution in [2.75, 3.05) is 7.11 Å². The van der Waals surface area contributed by atoms with Gasteiger partial charge in [0.2, 0.25) is 0 Å². The Morgan fingerprint density at radius 3 is 2.71 bits per heavy atom. The van der Waals surface area contributed by atoms with Gasteiger partial charge in [-0.25, -0.2) is 0 Å². The van der Waals surface area contributed by atoms with Crippen LogP contribution in [0.5, 0.6) is 5.75 Å². The zero-order valence-corrected chi connectivity index (χ0v) is 9.67. The zero-order valence-electron chi connectivity index (χ0n) is 8.08. The first-order chi connectivity index (χ1) is 6.57. The summed E-state index contributed by atoms with van der Waals surface area (Å²) >= 11 is 3.31. The number of Topliss-reactive ketones (excluding diaryl/α,β-unsaturated/α-hetero) is 1. The highest BCUT2D eigenvalue weighted by molar-refractivity contribution is 9.10. The van der Waals surface area contributed by atoms with Crippen LogP contribution in [0.1, 0.15) is 17.3 Å². The SMILES string of the molecule is COc1cccc(C(=O)C(C)N)c1Br. The van der Waals surface area contributed by atoms with E-state index in [1.807, 2.05) is 0 Å². The minimum atomic E-state index is -0.501. The molecule has 3 nitrogen and oxygen atoms in total. The van der Waals surface area contributed by atoms with Crippen molar-refractivity contribution in [3.8, 4) is 5.75 Å². The minimum absolute atomic E-state index is 0.101. The summed E-state index contributed by atoms with van der Waals surface area (Å²) in [6, 6.07) is 4.76. The zero-order chi connectivity index (χ0) is 10.7. The molecule has 1 unspecified atom stereocenters. The van der Waals surface area contributed by atoms with Gasteiger partial charge in [0.25, 0.3) is 0 Å². The van der Waals surface area contributed by atoms with E-state index in [9.17, 15) is 4.79 Å². The molecule has 0 amide bonds. The van der Waals surface area contributed by atoms with Crippen LogP contribution in [0.15, 0.2) is 22.7 Å². The minimum Gasteiger partial charge on any atom is -0.496 e. The standard InChI is InChI=1S/C10H12BrNO2/c1-6(12)10(13)7-4-3-5-8(14-2)9(7)11/h3-6H,12H2,1-2H3. The second kappa shape index (κ2) is 4.57. The summed E-state index contributed by atoms with van der Waals surface area (Å²) in [5.74, 6) is 0.535. The maximum Gasteiger partial charge on any atom is 0.180 e. The van der Waals surface area contributed by atoms with Crippen molar-refractivity contribution in [3.05, 3.63) is 28.2 Å². The number of hydrogen-bond donors (Lipinski definition) is 1. The second-order valence-electron chi connectivity index (χ2n) is 2.97. The van der Waals surface area contributed by atoms with Gasteiger partial charge in [-0.3, -0.25) is 4.79 Å². The maximum absolute atomic E-state index is 11.6. The molecule has 0 saturated heterocycles. The molecule has 0 aromatic heterocycles. The van der Waals surface area contributed by atoms with E-state index in [1.54, 1.807) is 32.2 Å². The monoisotopic (exact) mass is 257 g/mol. The molecule has 0 aliphatic rings. The molecule has 14 heavy (non-hydrogen) atoms. The van der Waals surface area contributed by atoms with Crippen LogP contribution in [0.2, 0.25) is 0 Å². The third-order valence-corrected chi connectivity index (χ3v) is 2.68. The molecule has 0 fully saturated rings. The smallest absolute Gasteiger partial charge is 0.180 e. The van der Waals surface area contributed by atoms with Crippen molar-refractivity contribution < 1.29 is 9.53 Å². The first-order valence-electron chi connectivity index (χ1n) is 4.20. The number of nitrogens with two attached hydrogens (primary N) is 1. The molecule has 4 heteroatoms. The fourth-order valence-corrected chi connectivity index (χ4v) is 1.73. The van der Waals surface area contributed by atoms with Gasteiger partial charge < -0.3 is 10.5 Å². The van der Waals surface area contributed by atoms with Crippen LogP contribution in [-0.2, 0) is 0 Å². The molecule has 1 atom stereocenters. The van der Waals surface area contributed by atoms with Gasteiger partial charge in [0, 0.05) is 5.56 Å². The van der Waals surface area contributed by atoms with Crippen LogP contribution >= 0.6 is 15.9 Å². The Kier molecular flexibility index (Phi) is 3.66. The van der Waals surface area contributed by atoms with Crippen molar-refractivity contribution in [2.45, 2.75) is 13.0 Å². The first-order valence-corrected chi connectivity index (χ1v) is 4.99. The average Bonchev–Trinajstić information content (AvgIpc) is 2.17. The number of rotatable bonds is 3. The highest BCUT2D eigenvalue weighted by Gasteiger charge is 2.16. The van der Waals surface area contributed by atoms with E-state index in [4.69, 9.17) is 10.5 Å². The summed E-state index contributed by atoms with van der Waals surface area (Å²) < 4.78 is 5.73. The predicted molar refractivity (Wildman–Crippen MR) is 58.7 cm³/mol. The molecular formula is C10H12BrNO2. The van der Waals surface area contributed by atoms with E-state index in [0.717, 1.165) is 0 Å². The van der Waals surface area contributed by atoms with Crippen LogP contribution in [0, 0.1) is 0 Å². The number of hydrogen-bond acceptors (Lipinski definition) is 3. The molecular weight excluding hydrogens is 246 g/mol. The molecule has 2 N–H and O–H groups in total. The lowest BCUT2D eigenvalue weighted by molar-refractivity contribution is 0.0967. The number of carbonyl (C=O) groups is 1. The van der Waals surface area contributed by atoms with Crippen molar-refractivity contribution in [3.63, 3.8) is 0 Å². The fourth-order valence-electron chi connectivity index (χ4n) is 1.10. The number of benzene rings is 1. The summed E-state index contributed by atoms with van der Waals surface area (Å²) in [6.07, 6.45) is 0. The second-order valence-corrected chi connectivity index (χ2v) is 3.77. The molecule has 1 rings (SSSR count). The van der Waals surface area contributed by atoms with E-state index in [-0.39, 0.29) is 5.78 Å². The van der Waals surface area contributed by atoms with Gasteiger partial charge in [-0.15, -0.1) is 0 Å². The van der Waals surface area contributed by atoms with E-state index < -0.39 is 6.04 Å². The molecule has 0 aliphatic heterocycles. The van der Waals surface area contributed by atoms with Gasteiger partial charge in [0.05, 0.1) is 17.6 Å². The van der Waals surface area contributed by atoms with Crippen LogP contribution < -0.4 is 10.5 Å². The van der Waals surface area contributed by atoms with Gasteiger partial charge in [0.15, 0.2) is 5.78 Å². The Balaban J connectivity index is 3.16. The molecule has 76 valence electrons. The first kappa shape index (κ1) is 11.2. The van der Waals surface area contributed by atoms with Gasteiger partial charge in [-0.1, -0.05) is 6.07 Å². The topological polar surface area (TPSA) is 52.3 Å². The van der Waals surface area contributed by atoms with Crippen LogP contribution in [-0.4, -0.2) is 18.9 Å². The Morgan fingerprint density at radius 2 is 2.21 bits per heavy atom. The summed E-state index contributed by atoms with van der Waals surface area (Å²) in [6.45, 7) is 1.66. The van der Waals surface area contributed by atoms with Crippen molar-refractivity contribution in [2.24, 2.45) is 5.73 Å². The molecule has 0 aliphatic carbocycles. The summed E-state index contributed by atoms with van der Waals surface area (Å²) in [4.78, 5) is 11.6. The Hall–Kier alpha value is -0.870. The molecule has 0 saturated carbocycles. The lowest BCUT2D eigenvalue weighted by Crippen LogP contribution is -2.26. The van der Waals surface area contributed by atoms with Crippen molar-refractivity contribution >= 4 is 21.7 Å². The highest BCUT2D eigenvalue weighted by atomic mass is 79.9. The quantitative estimate of drug-likeness (QED) is 0.843. The Bertz CT molecular complexity index is 350. The van der Waals surface area contributed by atoms with Crippen LogP contribution in [0.4, 0.5) is 0 Å². The normalized spacial score (nSPS) is 12.3. The number of ether oxygens (including phenoxy) is 1. The molecule has 0 spiro atoms. The lowest BCUT2D eigenvalue weighted by atomic mass is 10.1. The van der Waals surface area contributed by atoms with E-state index in [0.29, 0.717) is 15.8 Å². The Morgan fingerprint density at radius 1 is 1.57 bits per heavy atom. The summed E-state index contributed by atoms with van der Waals surface area (Å²) in [5, 5.41) is 0. The number of halogens is 1. The molecule has 0 heterocycles. The number of carbonyl (C=O) groups excluding carboxylic acids is 1. The average molecular weight is 258 g/mol. The van der Waals surface area contributed by atoms with Gasteiger partial charge >= 0.3 is 0 Å². The lowest BCUT2D eigenvalue weighted by Gasteiger charge is -2.09. The van der Waals surface area contributed by atoms with Gasteiger partial charge in [0.1, 0.15) is 5.75 Å². The third kappa shape index (κ3) is 2.13. The van der Waals surface area contributed by atoms with Gasteiger partial charge in [-0.05, 0) is 35.0 Å². The van der Waals surface area contributed by atoms with Crippen LogP contribution in [0.3, 0.4) is 0 Å². The summed E-state index contributed by atoms with van der Waals surface area (Å²) in [7, 11) is 1.56. The van der Waals surface area contributed by atoms with Crippen molar-refractivity contribution in [1.29, 1.82) is 0 Å². The summed E-state index contributed by atoms with van der Waals surface area (Å²) in [5.41, 5.74) is 6.07. The molecule has 0 radical (unpaired) electrons. The molecule has 1 aromatic carbocycles. The molecule has 1 aromatic rings. The number of ketones is 1. The number of methoxy groups -OCH3 is 1. The van der Waals surface area contributed by atoms with Gasteiger partial charge in [-0.2, -0.15) is 0 Å². The molecule has 0 bridgehead atoms. The fraction of sp³-hybridized carbons (Fsp3) is 0.300. The highest BCUT2D eigenvalue weighted by Crippen LogP contribution is 2.28.